The van der Waals surface area contributed by atoms with Crippen LogP contribution >= 0.6 is 11.6 Å². The van der Waals surface area contributed by atoms with E-state index in [0.717, 1.165) is 5.69 Å². The molecule has 2 aromatic heterocycles. The first-order chi connectivity index (χ1) is 11.2. The first-order valence-corrected chi connectivity index (χ1v) is 7.58. The molecule has 8 heteroatoms. The van der Waals surface area contributed by atoms with Crippen molar-refractivity contribution in [2.24, 2.45) is 0 Å². The summed E-state index contributed by atoms with van der Waals surface area (Å²) in [6.07, 6.45) is 5.70. The van der Waals surface area contributed by atoms with E-state index in [1.165, 1.54) is 0 Å². The van der Waals surface area contributed by atoms with Crippen molar-refractivity contribution in [3.63, 3.8) is 0 Å². The Morgan fingerprint density at radius 2 is 2.09 bits per heavy atom. The van der Waals surface area contributed by atoms with E-state index in [1.54, 1.807) is 40.2 Å². The number of carbonyl (C=O) groups is 1. The molecule has 1 N–H and O–H groups in total. The van der Waals surface area contributed by atoms with Crippen molar-refractivity contribution in [1.82, 2.24) is 19.6 Å². The lowest BCUT2D eigenvalue weighted by Gasteiger charge is -2.17. The lowest BCUT2D eigenvalue weighted by Crippen LogP contribution is -2.33. The second-order valence-electron chi connectivity index (χ2n) is 5.29. The van der Waals surface area contributed by atoms with Gasteiger partial charge in [-0.3, -0.25) is 9.20 Å². The molecule has 1 aliphatic rings. The Bertz CT molecular complexity index is 862. The van der Waals surface area contributed by atoms with E-state index in [0.29, 0.717) is 29.5 Å². The van der Waals surface area contributed by atoms with Gasteiger partial charge in [0.1, 0.15) is 12.4 Å². The zero-order valence-electron chi connectivity index (χ0n) is 12.1. The van der Waals surface area contributed by atoms with E-state index < -0.39 is 0 Å². The fourth-order valence-electron chi connectivity index (χ4n) is 2.72. The molecule has 116 valence electrons. The summed E-state index contributed by atoms with van der Waals surface area (Å²) >= 11 is 5.90. The summed E-state index contributed by atoms with van der Waals surface area (Å²) in [5.41, 5.74) is 1.45. The van der Waals surface area contributed by atoms with E-state index in [-0.39, 0.29) is 11.9 Å². The lowest BCUT2D eigenvalue weighted by atomic mass is 10.2. The van der Waals surface area contributed by atoms with Crippen LogP contribution in [0.2, 0.25) is 5.02 Å². The molecule has 1 saturated heterocycles. The summed E-state index contributed by atoms with van der Waals surface area (Å²) in [6.45, 7) is 0.647. The van der Waals surface area contributed by atoms with Crippen LogP contribution in [0.4, 0.5) is 11.5 Å². The molecule has 3 aromatic rings. The molecule has 0 aliphatic carbocycles. The van der Waals surface area contributed by atoms with Crippen molar-refractivity contribution in [2.45, 2.75) is 12.5 Å². The van der Waals surface area contributed by atoms with Crippen molar-refractivity contribution >= 4 is 34.7 Å². The van der Waals surface area contributed by atoms with Gasteiger partial charge in [0.15, 0.2) is 5.82 Å². The molecule has 0 radical (unpaired) electrons. The Labute approximate surface area is 136 Å². The van der Waals surface area contributed by atoms with Crippen LogP contribution in [0.3, 0.4) is 0 Å². The normalized spacial score (nSPS) is 17.9. The van der Waals surface area contributed by atoms with Crippen molar-refractivity contribution in [3.05, 3.63) is 48.0 Å². The molecule has 0 unspecified atom stereocenters. The van der Waals surface area contributed by atoms with Gasteiger partial charge in [-0.15, -0.1) is 10.2 Å². The van der Waals surface area contributed by atoms with Crippen LogP contribution in [0.25, 0.3) is 5.65 Å². The molecule has 0 saturated carbocycles. The standard InChI is InChI=1S/C15H13ClN6O/c16-10-1-3-11(4-2-10)22-7-5-12(15(22)23)19-13-14-20-18-9-21(14)8-6-17-13/h1-4,6,8-9,12H,5,7H2,(H,17,19)/t12-/m0/s1. The molecular weight excluding hydrogens is 316 g/mol. The number of benzene rings is 1. The van der Waals surface area contributed by atoms with Gasteiger partial charge < -0.3 is 10.2 Å². The smallest absolute Gasteiger partial charge is 0.249 e. The summed E-state index contributed by atoms with van der Waals surface area (Å²) in [5.74, 6) is 0.567. The van der Waals surface area contributed by atoms with E-state index in [9.17, 15) is 4.79 Å². The number of aromatic nitrogens is 4. The van der Waals surface area contributed by atoms with Gasteiger partial charge >= 0.3 is 0 Å². The van der Waals surface area contributed by atoms with Crippen molar-refractivity contribution < 1.29 is 4.79 Å². The van der Waals surface area contributed by atoms with Gasteiger partial charge in [0.2, 0.25) is 11.6 Å². The molecule has 4 rings (SSSR count). The number of halogens is 1. The van der Waals surface area contributed by atoms with Gasteiger partial charge in [0.05, 0.1) is 0 Å². The molecule has 23 heavy (non-hydrogen) atoms. The molecule has 0 spiro atoms. The zero-order valence-corrected chi connectivity index (χ0v) is 12.8. The number of fused-ring (bicyclic) bond motifs is 1. The third-order valence-corrected chi connectivity index (χ3v) is 4.12. The number of rotatable bonds is 3. The van der Waals surface area contributed by atoms with Gasteiger partial charge in [-0.1, -0.05) is 11.6 Å². The monoisotopic (exact) mass is 328 g/mol. The molecule has 1 atom stereocenters. The van der Waals surface area contributed by atoms with Gasteiger partial charge in [0.25, 0.3) is 0 Å². The summed E-state index contributed by atoms with van der Waals surface area (Å²) in [7, 11) is 0. The van der Waals surface area contributed by atoms with Crippen LogP contribution in [-0.2, 0) is 4.79 Å². The zero-order chi connectivity index (χ0) is 15.8. The summed E-state index contributed by atoms with van der Waals surface area (Å²) < 4.78 is 1.76. The minimum Gasteiger partial charge on any atom is -0.355 e. The summed E-state index contributed by atoms with van der Waals surface area (Å²) in [6, 6.07) is 6.92. The third kappa shape index (κ3) is 2.49. The second kappa shape index (κ2) is 5.51. The van der Waals surface area contributed by atoms with Crippen LogP contribution in [0.5, 0.6) is 0 Å². The minimum absolute atomic E-state index is 0.00985. The SMILES string of the molecule is O=C1[C@@H](Nc2nccn3cnnc23)CCN1c1ccc(Cl)cc1. The fraction of sp³-hybridized carbons (Fsp3) is 0.200. The highest BCUT2D eigenvalue weighted by atomic mass is 35.5. The Balaban J connectivity index is 1.56. The predicted molar refractivity (Wildman–Crippen MR) is 86.6 cm³/mol. The number of amides is 1. The topological polar surface area (TPSA) is 75.4 Å². The Morgan fingerprint density at radius 1 is 1.26 bits per heavy atom. The highest BCUT2D eigenvalue weighted by molar-refractivity contribution is 6.30. The Kier molecular flexibility index (Phi) is 3.34. The molecule has 1 aromatic carbocycles. The van der Waals surface area contributed by atoms with Crippen LogP contribution in [-0.4, -0.2) is 38.1 Å². The molecule has 7 nitrogen and oxygen atoms in total. The molecule has 3 heterocycles. The van der Waals surface area contributed by atoms with Crippen LogP contribution in [0.15, 0.2) is 43.0 Å². The van der Waals surface area contributed by atoms with Gasteiger partial charge in [-0.25, -0.2) is 4.98 Å². The first kappa shape index (κ1) is 14.0. The number of nitrogens with one attached hydrogen (secondary N) is 1. The minimum atomic E-state index is -0.332. The molecule has 1 aliphatic heterocycles. The largest absolute Gasteiger partial charge is 0.355 e. The van der Waals surface area contributed by atoms with Crippen molar-refractivity contribution in [3.8, 4) is 0 Å². The molecule has 1 amide bonds. The molecule has 0 bridgehead atoms. The quantitative estimate of drug-likeness (QED) is 0.796. The first-order valence-electron chi connectivity index (χ1n) is 7.20. The number of carbonyl (C=O) groups excluding carboxylic acids is 1. The van der Waals surface area contributed by atoms with Gasteiger partial charge in [0, 0.05) is 29.6 Å². The maximum atomic E-state index is 12.6. The van der Waals surface area contributed by atoms with Gasteiger partial charge in [-0.05, 0) is 30.7 Å². The average Bonchev–Trinajstić information content (AvgIpc) is 3.17. The van der Waals surface area contributed by atoms with E-state index in [2.05, 4.69) is 20.5 Å². The van der Waals surface area contributed by atoms with E-state index >= 15 is 0 Å². The van der Waals surface area contributed by atoms with Gasteiger partial charge in [-0.2, -0.15) is 0 Å². The van der Waals surface area contributed by atoms with Crippen LogP contribution in [0.1, 0.15) is 6.42 Å². The summed E-state index contributed by atoms with van der Waals surface area (Å²) in [5, 5.41) is 11.7. The summed E-state index contributed by atoms with van der Waals surface area (Å²) in [4.78, 5) is 18.6. The molecule has 1 fully saturated rings. The van der Waals surface area contributed by atoms with E-state index in [1.807, 2.05) is 12.1 Å². The number of nitrogens with zero attached hydrogens (tertiary/aromatic N) is 5. The fourth-order valence-corrected chi connectivity index (χ4v) is 2.84. The third-order valence-electron chi connectivity index (χ3n) is 3.87. The van der Waals surface area contributed by atoms with Crippen molar-refractivity contribution in [2.75, 3.05) is 16.8 Å². The van der Waals surface area contributed by atoms with E-state index in [4.69, 9.17) is 11.6 Å². The maximum absolute atomic E-state index is 12.6. The van der Waals surface area contributed by atoms with Crippen LogP contribution < -0.4 is 10.2 Å². The Hall–Kier alpha value is -2.67. The Morgan fingerprint density at radius 3 is 2.91 bits per heavy atom. The van der Waals surface area contributed by atoms with Crippen molar-refractivity contribution in [1.29, 1.82) is 0 Å². The predicted octanol–water partition coefficient (Wildman–Crippen LogP) is 2.00. The number of anilines is 2. The highest BCUT2D eigenvalue weighted by Crippen LogP contribution is 2.25. The number of hydrogen-bond donors (Lipinski definition) is 1. The maximum Gasteiger partial charge on any atom is 0.249 e. The molecular formula is C15H13ClN6O. The average molecular weight is 329 g/mol. The lowest BCUT2D eigenvalue weighted by molar-refractivity contribution is -0.117. The second-order valence-corrected chi connectivity index (χ2v) is 5.73. The van der Waals surface area contributed by atoms with Crippen LogP contribution in [0, 0.1) is 0 Å². The highest BCUT2D eigenvalue weighted by Gasteiger charge is 2.33. The number of hydrogen-bond acceptors (Lipinski definition) is 5.